The Labute approximate surface area is 125 Å². The number of methoxy groups -OCH3 is 1. The van der Waals surface area contributed by atoms with Crippen LogP contribution in [0.15, 0.2) is 24.3 Å². The van der Waals surface area contributed by atoms with E-state index in [0.29, 0.717) is 13.1 Å². The summed E-state index contributed by atoms with van der Waals surface area (Å²) in [6, 6.07) is 7.71. The number of nitrogens with two attached hydrogens (primary N) is 1. The summed E-state index contributed by atoms with van der Waals surface area (Å²) < 4.78 is 5.17. The minimum atomic E-state index is -0.00906. The van der Waals surface area contributed by atoms with Crippen LogP contribution in [0.5, 0.6) is 5.75 Å². The van der Waals surface area contributed by atoms with Crippen molar-refractivity contribution >= 4 is 6.03 Å². The monoisotopic (exact) mass is 292 g/mol. The van der Waals surface area contributed by atoms with E-state index in [1.54, 1.807) is 7.11 Å². The van der Waals surface area contributed by atoms with Gasteiger partial charge in [0.15, 0.2) is 0 Å². The van der Waals surface area contributed by atoms with Gasteiger partial charge < -0.3 is 20.7 Å². The van der Waals surface area contributed by atoms with Gasteiger partial charge in [-0.3, -0.25) is 4.90 Å². The average molecular weight is 292 g/mol. The molecule has 0 aliphatic carbocycles. The van der Waals surface area contributed by atoms with Crippen molar-refractivity contribution in [2.45, 2.75) is 6.54 Å². The summed E-state index contributed by atoms with van der Waals surface area (Å²) in [5.74, 6) is 0.803. The molecule has 2 rings (SSSR count). The van der Waals surface area contributed by atoms with Gasteiger partial charge >= 0.3 is 6.03 Å². The van der Waals surface area contributed by atoms with Crippen molar-refractivity contribution in [1.82, 2.24) is 15.1 Å². The molecule has 1 heterocycles. The fourth-order valence-electron chi connectivity index (χ4n) is 2.43. The van der Waals surface area contributed by atoms with Crippen molar-refractivity contribution in [3.05, 3.63) is 29.8 Å². The molecule has 0 bridgehead atoms. The molecule has 1 aromatic carbocycles. The molecule has 1 aliphatic rings. The Kier molecular flexibility index (Phi) is 5.83. The molecule has 21 heavy (non-hydrogen) atoms. The topological polar surface area (TPSA) is 70.8 Å². The molecule has 1 aromatic rings. The zero-order valence-electron chi connectivity index (χ0n) is 12.5. The molecule has 2 amide bonds. The SMILES string of the molecule is COc1cccc(CNC(=O)N2CCN(CCN)CC2)c1. The summed E-state index contributed by atoms with van der Waals surface area (Å²) in [5.41, 5.74) is 6.58. The van der Waals surface area contributed by atoms with Crippen molar-refractivity contribution in [3.8, 4) is 5.75 Å². The quantitative estimate of drug-likeness (QED) is 0.828. The van der Waals surface area contributed by atoms with Crippen molar-refractivity contribution in [3.63, 3.8) is 0 Å². The van der Waals surface area contributed by atoms with E-state index in [4.69, 9.17) is 10.5 Å². The third kappa shape index (κ3) is 4.61. The summed E-state index contributed by atoms with van der Waals surface area (Å²) in [6.07, 6.45) is 0. The maximum atomic E-state index is 12.1. The summed E-state index contributed by atoms with van der Waals surface area (Å²) in [4.78, 5) is 16.3. The van der Waals surface area contributed by atoms with Gasteiger partial charge in [-0.2, -0.15) is 0 Å². The molecule has 1 fully saturated rings. The highest BCUT2D eigenvalue weighted by Gasteiger charge is 2.20. The largest absolute Gasteiger partial charge is 0.497 e. The predicted molar refractivity (Wildman–Crippen MR) is 82.3 cm³/mol. The van der Waals surface area contributed by atoms with Crippen LogP contribution in [0.4, 0.5) is 4.79 Å². The molecule has 3 N–H and O–H groups in total. The van der Waals surface area contributed by atoms with Crippen molar-refractivity contribution in [1.29, 1.82) is 0 Å². The number of benzene rings is 1. The van der Waals surface area contributed by atoms with Crippen LogP contribution in [-0.2, 0) is 6.54 Å². The standard InChI is InChI=1S/C15H24N4O2/c1-21-14-4-2-3-13(11-14)12-17-15(20)19-9-7-18(6-5-16)8-10-19/h2-4,11H,5-10,12,16H2,1H3,(H,17,20). The number of amides is 2. The minimum absolute atomic E-state index is 0.00906. The number of carbonyl (C=O) groups is 1. The Morgan fingerprint density at radius 2 is 2.10 bits per heavy atom. The molecule has 0 spiro atoms. The molecular formula is C15H24N4O2. The first-order valence-electron chi connectivity index (χ1n) is 7.31. The second-order valence-corrected chi connectivity index (χ2v) is 5.13. The average Bonchev–Trinajstić information content (AvgIpc) is 2.54. The highest BCUT2D eigenvalue weighted by molar-refractivity contribution is 5.74. The smallest absolute Gasteiger partial charge is 0.317 e. The van der Waals surface area contributed by atoms with Crippen LogP contribution in [0.2, 0.25) is 0 Å². The van der Waals surface area contributed by atoms with E-state index < -0.39 is 0 Å². The number of hydrogen-bond acceptors (Lipinski definition) is 4. The zero-order valence-corrected chi connectivity index (χ0v) is 12.5. The number of urea groups is 1. The maximum Gasteiger partial charge on any atom is 0.317 e. The normalized spacial score (nSPS) is 15.8. The highest BCUT2D eigenvalue weighted by Crippen LogP contribution is 2.12. The Hall–Kier alpha value is -1.79. The van der Waals surface area contributed by atoms with Gasteiger partial charge in [-0.1, -0.05) is 12.1 Å². The van der Waals surface area contributed by atoms with Gasteiger partial charge in [0.25, 0.3) is 0 Å². The lowest BCUT2D eigenvalue weighted by Gasteiger charge is -2.34. The highest BCUT2D eigenvalue weighted by atomic mass is 16.5. The number of piperazine rings is 1. The fraction of sp³-hybridized carbons (Fsp3) is 0.533. The number of rotatable bonds is 5. The molecule has 1 saturated heterocycles. The third-order valence-electron chi connectivity index (χ3n) is 3.68. The van der Waals surface area contributed by atoms with Gasteiger partial charge in [0.05, 0.1) is 7.11 Å². The van der Waals surface area contributed by atoms with E-state index in [2.05, 4.69) is 10.2 Å². The van der Waals surface area contributed by atoms with Crippen LogP contribution in [-0.4, -0.2) is 62.2 Å². The number of carbonyl (C=O) groups excluding carboxylic acids is 1. The van der Waals surface area contributed by atoms with Crippen molar-refractivity contribution in [2.24, 2.45) is 5.73 Å². The predicted octanol–water partition coefficient (Wildman–Crippen LogP) is 0.481. The first-order chi connectivity index (χ1) is 10.2. The second kappa shape index (κ2) is 7.85. The number of ether oxygens (including phenoxy) is 1. The molecule has 0 unspecified atom stereocenters. The van der Waals surface area contributed by atoms with E-state index in [1.807, 2.05) is 29.2 Å². The van der Waals surface area contributed by atoms with Crippen LogP contribution in [0, 0.1) is 0 Å². The third-order valence-corrected chi connectivity index (χ3v) is 3.68. The van der Waals surface area contributed by atoms with Crippen molar-refractivity contribution < 1.29 is 9.53 Å². The van der Waals surface area contributed by atoms with Crippen LogP contribution < -0.4 is 15.8 Å². The van der Waals surface area contributed by atoms with E-state index in [0.717, 1.165) is 44.0 Å². The Bertz CT molecular complexity index is 459. The van der Waals surface area contributed by atoms with Gasteiger partial charge in [0, 0.05) is 45.8 Å². The maximum absolute atomic E-state index is 12.1. The van der Waals surface area contributed by atoms with Gasteiger partial charge in [-0.05, 0) is 17.7 Å². The molecule has 6 nitrogen and oxygen atoms in total. The molecule has 0 radical (unpaired) electrons. The minimum Gasteiger partial charge on any atom is -0.497 e. The van der Waals surface area contributed by atoms with E-state index in [9.17, 15) is 4.79 Å². The number of nitrogens with one attached hydrogen (secondary N) is 1. The van der Waals surface area contributed by atoms with E-state index >= 15 is 0 Å². The van der Waals surface area contributed by atoms with Crippen LogP contribution in [0.25, 0.3) is 0 Å². The second-order valence-electron chi connectivity index (χ2n) is 5.13. The van der Waals surface area contributed by atoms with Crippen molar-refractivity contribution in [2.75, 3.05) is 46.4 Å². The van der Waals surface area contributed by atoms with Crippen LogP contribution in [0.3, 0.4) is 0 Å². The molecule has 0 atom stereocenters. The van der Waals surface area contributed by atoms with Crippen LogP contribution >= 0.6 is 0 Å². The Morgan fingerprint density at radius 1 is 1.33 bits per heavy atom. The lowest BCUT2D eigenvalue weighted by Crippen LogP contribution is -2.52. The lowest BCUT2D eigenvalue weighted by molar-refractivity contribution is 0.141. The summed E-state index contributed by atoms with van der Waals surface area (Å²) >= 11 is 0. The van der Waals surface area contributed by atoms with Gasteiger partial charge in [0.1, 0.15) is 5.75 Å². The molecule has 0 saturated carbocycles. The van der Waals surface area contributed by atoms with Gasteiger partial charge in [0.2, 0.25) is 0 Å². The fourth-order valence-corrected chi connectivity index (χ4v) is 2.43. The Balaban J connectivity index is 1.77. The number of hydrogen-bond donors (Lipinski definition) is 2. The first-order valence-corrected chi connectivity index (χ1v) is 7.31. The lowest BCUT2D eigenvalue weighted by atomic mass is 10.2. The molecule has 116 valence electrons. The number of nitrogens with zero attached hydrogens (tertiary/aromatic N) is 2. The van der Waals surface area contributed by atoms with Gasteiger partial charge in [-0.15, -0.1) is 0 Å². The summed E-state index contributed by atoms with van der Waals surface area (Å²) in [7, 11) is 1.64. The molecule has 1 aliphatic heterocycles. The molecular weight excluding hydrogens is 268 g/mol. The molecule has 6 heteroatoms. The first kappa shape index (κ1) is 15.6. The Morgan fingerprint density at radius 3 is 2.76 bits per heavy atom. The van der Waals surface area contributed by atoms with Crippen LogP contribution in [0.1, 0.15) is 5.56 Å². The zero-order chi connectivity index (χ0) is 15.1. The summed E-state index contributed by atoms with van der Waals surface area (Å²) in [6.45, 7) is 5.38. The van der Waals surface area contributed by atoms with Gasteiger partial charge in [-0.25, -0.2) is 4.79 Å². The summed E-state index contributed by atoms with van der Waals surface area (Å²) in [5, 5.41) is 2.96. The molecule has 0 aromatic heterocycles. The van der Waals surface area contributed by atoms with E-state index in [1.165, 1.54) is 0 Å². The van der Waals surface area contributed by atoms with E-state index in [-0.39, 0.29) is 6.03 Å².